The highest BCUT2D eigenvalue weighted by Crippen LogP contribution is 2.42. The molecule has 1 fully saturated rings. The third kappa shape index (κ3) is 2.30. The molecule has 2 aliphatic rings. The van der Waals surface area contributed by atoms with Crippen LogP contribution in [0, 0.1) is 0 Å². The van der Waals surface area contributed by atoms with Crippen molar-refractivity contribution in [2.24, 2.45) is 11.5 Å². The van der Waals surface area contributed by atoms with Crippen molar-refractivity contribution in [3.8, 4) is 11.5 Å². The van der Waals surface area contributed by atoms with E-state index >= 15 is 0 Å². The molecule has 1 unspecified atom stereocenters. The lowest BCUT2D eigenvalue weighted by molar-refractivity contribution is 0.170. The van der Waals surface area contributed by atoms with Crippen LogP contribution in [-0.2, 0) is 6.54 Å². The van der Waals surface area contributed by atoms with Crippen LogP contribution in [0.15, 0.2) is 12.1 Å². The Morgan fingerprint density at radius 2 is 2.00 bits per heavy atom. The van der Waals surface area contributed by atoms with Gasteiger partial charge in [0.05, 0.1) is 11.7 Å². The van der Waals surface area contributed by atoms with Gasteiger partial charge in [-0.05, 0) is 6.07 Å². The van der Waals surface area contributed by atoms with Crippen molar-refractivity contribution in [2.45, 2.75) is 12.6 Å². The quantitative estimate of drug-likeness (QED) is 0.701. The molecule has 1 saturated heterocycles. The van der Waals surface area contributed by atoms with Crippen LogP contribution in [-0.4, -0.2) is 45.4 Å². The highest BCUT2D eigenvalue weighted by Gasteiger charge is 2.28. The molecular weight excluding hydrogens is 256 g/mol. The predicted molar refractivity (Wildman–Crippen MR) is 78.4 cm³/mol. The first-order valence-corrected chi connectivity index (χ1v) is 7.14. The number of anilines is 1. The van der Waals surface area contributed by atoms with Crippen LogP contribution >= 0.6 is 0 Å². The van der Waals surface area contributed by atoms with Gasteiger partial charge in [-0.2, -0.15) is 0 Å². The van der Waals surface area contributed by atoms with Crippen LogP contribution in [0.4, 0.5) is 5.69 Å². The number of fused-ring (bicyclic) bond motifs is 1. The minimum Gasteiger partial charge on any atom is -0.486 e. The topological polar surface area (TPSA) is 85.8 Å². The average molecular weight is 278 g/mol. The second-order valence-corrected chi connectivity index (χ2v) is 5.09. The van der Waals surface area contributed by atoms with Gasteiger partial charge < -0.3 is 31.2 Å². The van der Waals surface area contributed by atoms with E-state index in [2.05, 4.69) is 16.3 Å². The SMILES string of the molecule is NCc1ccc(N2CCNCC2CN)c2c1OCCO2. The standard InChI is InChI=1S/C14H22N4O2/c15-7-10-1-2-12(14-13(10)19-5-6-20-14)18-4-3-17-9-11(18)8-16/h1-2,11,17H,3-9,15-16H2. The fourth-order valence-corrected chi connectivity index (χ4v) is 2.85. The van der Waals surface area contributed by atoms with E-state index in [1.807, 2.05) is 6.07 Å². The van der Waals surface area contributed by atoms with Gasteiger partial charge in [-0.3, -0.25) is 0 Å². The fraction of sp³-hybridized carbons (Fsp3) is 0.571. The normalized spacial score (nSPS) is 21.9. The summed E-state index contributed by atoms with van der Waals surface area (Å²) in [7, 11) is 0. The first-order chi connectivity index (χ1) is 9.85. The van der Waals surface area contributed by atoms with Crippen LogP contribution in [0.25, 0.3) is 0 Å². The lowest BCUT2D eigenvalue weighted by Crippen LogP contribution is -2.54. The molecule has 1 atom stereocenters. The number of nitrogens with zero attached hydrogens (tertiary/aromatic N) is 1. The summed E-state index contributed by atoms with van der Waals surface area (Å²) in [4.78, 5) is 2.31. The van der Waals surface area contributed by atoms with Crippen molar-refractivity contribution in [1.29, 1.82) is 0 Å². The Morgan fingerprint density at radius 3 is 2.75 bits per heavy atom. The summed E-state index contributed by atoms with van der Waals surface area (Å²) in [5.41, 5.74) is 13.7. The van der Waals surface area contributed by atoms with Crippen molar-refractivity contribution in [1.82, 2.24) is 5.32 Å². The van der Waals surface area contributed by atoms with E-state index in [-0.39, 0.29) is 6.04 Å². The molecule has 6 heteroatoms. The van der Waals surface area contributed by atoms with Gasteiger partial charge in [0.2, 0.25) is 0 Å². The number of nitrogens with one attached hydrogen (secondary N) is 1. The van der Waals surface area contributed by atoms with E-state index in [4.69, 9.17) is 20.9 Å². The molecule has 1 aromatic carbocycles. The van der Waals surface area contributed by atoms with Gasteiger partial charge in [-0.1, -0.05) is 6.07 Å². The molecule has 2 aliphatic heterocycles. The summed E-state index contributed by atoms with van der Waals surface area (Å²) in [6, 6.07) is 4.38. The highest BCUT2D eigenvalue weighted by molar-refractivity contribution is 5.68. The van der Waals surface area contributed by atoms with Crippen LogP contribution in [0.5, 0.6) is 11.5 Å². The summed E-state index contributed by atoms with van der Waals surface area (Å²) in [5, 5.41) is 3.37. The maximum Gasteiger partial charge on any atom is 0.185 e. The molecule has 0 amide bonds. The van der Waals surface area contributed by atoms with Crippen molar-refractivity contribution in [3.63, 3.8) is 0 Å². The molecule has 0 aliphatic carbocycles. The van der Waals surface area contributed by atoms with Gasteiger partial charge >= 0.3 is 0 Å². The minimum absolute atomic E-state index is 0.280. The van der Waals surface area contributed by atoms with Gasteiger partial charge in [0.1, 0.15) is 13.2 Å². The third-order valence-electron chi connectivity index (χ3n) is 3.90. The Labute approximate surface area is 119 Å². The molecule has 3 rings (SSSR count). The predicted octanol–water partition coefficient (Wildman–Crippen LogP) is -0.347. The number of nitrogens with two attached hydrogens (primary N) is 2. The smallest absolute Gasteiger partial charge is 0.185 e. The summed E-state index contributed by atoms with van der Waals surface area (Å²) in [5.74, 6) is 1.62. The van der Waals surface area contributed by atoms with E-state index in [1.54, 1.807) is 0 Å². The van der Waals surface area contributed by atoms with Crippen molar-refractivity contribution < 1.29 is 9.47 Å². The highest BCUT2D eigenvalue weighted by atomic mass is 16.6. The van der Waals surface area contributed by atoms with Crippen LogP contribution in [0.1, 0.15) is 5.56 Å². The van der Waals surface area contributed by atoms with Gasteiger partial charge in [-0.25, -0.2) is 0 Å². The van der Waals surface area contributed by atoms with E-state index in [9.17, 15) is 0 Å². The van der Waals surface area contributed by atoms with Crippen molar-refractivity contribution in [3.05, 3.63) is 17.7 Å². The van der Waals surface area contributed by atoms with Gasteiger partial charge in [0.15, 0.2) is 11.5 Å². The molecule has 0 bridgehead atoms. The van der Waals surface area contributed by atoms with Gasteiger partial charge in [0, 0.05) is 38.3 Å². The number of benzene rings is 1. The van der Waals surface area contributed by atoms with Gasteiger partial charge in [-0.15, -0.1) is 0 Å². The Hall–Kier alpha value is -1.50. The minimum atomic E-state index is 0.280. The Morgan fingerprint density at radius 1 is 1.20 bits per heavy atom. The van der Waals surface area contributed by atoms with Crippen LogP contribution in [0.2, 0.25) is 0 Å². The molecule has 0 spiro atoms. The van der Waals surface area contributed by atoms with Crippen molar-refractivity contribution in [2.75, 3.05) is 44.3 Å². The van der Waals surface area contributed by atoms with Crippen LogP contribution < -0.4 is 31.2 Å². The molecule has 0 radical (unpaired) electrons. The van der Waals surface area contributed by atoms with E-state index in [1.165, 1.54) is 0 Å². The van der Waals surface area contributed by atoms with Gasteiger partial charge in [0.25, 0.3) is 0 Å². The van der Waals surface area contributed by atoms with Crippen LogP contribution in [0.3, 0.4) is 0 Å². The molecule has 1 aromatic rings. The molecule has 0 aromatic heterocycles. The Bertz CT molecular complexity index is 480. The summed E-state index contributed by atoms with van der Waals surface area (Å²) >= 11 is 0. The summed E-state index contributed by atoms with van der Waals surface area (Å²) in [6.45, 7) is 4.98. The lowest BCUT2D eigenvalue weighted by Gasteiger charge is -2.39. The zero-order valence-corrected chi connectivity index (χ0v) is 11.6. The average Bonchev–Trinajstić information content (AvgIpc) is 2.53. The van der Waals surface area contributed by atoms with Crippen molar-refractivity contribution >= 4 is 5.69 Å². The maximum absolute atomic E-state index is 5.89. The molecule has 6 nitrogen and oxygen atoms in total. The fourth-order valence-electron chi connectivity index (χ4n) is 2.85. The number of hydrogen-bond donors (Lipinski definition) is 3. The molecular formula is C14H22N4O2. The maximum atomic E-state index is 5.89. The zero-order valence-electron chi connectivity index (χ0n) is 11.6. The molecule has 5 N–H and O–H groups in total. The number of hydrogen-bond acceptors (Lipinski definition) is 6. The molecule has 2 heterocycles. The summed E-state index contributed by atoms with van der Waals surface area (Å²) in [6.07, 6.45) is 0. The van der Waals surface area contributed by atoms with E-state index in [0.717, 1.165) is 42.4 Å². The molecule has 20 heavy (non-hydrogen) atoms. The summed E-state index contributed by atoms with van der Waals surface area (Å²) < 4.78 is 11.6. The third-order valence-corrected chi connectivity index (χ3v) is 3.90. The largest absolute Gasteiger partial charge is 0.486 e. The Kier molecular flexibility index (Phi) is 3.95. The molecule has 110 valence electrons. The van der Waals surface area contributed by atoms with E-state index in [0.29, 0.717) is 26.3 Å². The first-order valence-electron chi connectivity index (χ1n) is 7.14. The second-order valence-electron chi connectivity index (χ2n) is 5.09. The Balaban J connectivity index is 2.00. The lowest BCUT2D eigenvalue weighted by atomic mass is 10.1. The second kappa shape index (κ2) is 5.87. The monoisotopic (exact) mass is 278 g/mol. The number of piperazine rings is 1. The molecule has 0 saturated carbocycles. The van der Waals surface area contributed by atoms with E-state index < -0.39 is 0 Å². The zero-order chi connectivity index (χ0) is 13.9. The number of ether oxygens (including phenoxy) is 2. The first kappa shape index (κ1) is 13.5. The number of rotatable bonds is 3.